The number of halogens is 1. The lowest BCUT2D eigenvalue weighted by molar-refractivity contribution is -0.119. The summed E-state index contributed by atoms with van der Waals surface area (Å²) in [4.78, 5) is 29.5. The van der Waals surface area contributed by atoms with Gasteiger partial charge in [-0.25, -0.2) is 4.39 Å². The summed E-state index contributed by atoms with van der Waals surface area (Å²) in [6, 6.07) is 8.77. The normalized spacial score (nSPS) is 14.4. The quantitative estimate of drug-likeness (QED) is 0.718. The Balaban J connectivity index is 1.65. The van der Waals surface area contributed by atoms with Crippen molar-refractivity contribution in [3.8, 4) is 0 Å². The number of benzene rings is 1. The maximum Gasteiger partial charge on any atom is 0.293 e. The number of nitrogens with zero attached hydrogens (tertiary/aromatic N) is 1. The molecular formula is C20H18FN3O3. The minimum atomic E-state index is -0.540. The SMILES string of the molecule is O=C(Nc1ccc(F)cc1)c1oc2cccnc2c1NC(=O)C1CCCC1. The van der Waals surface area contributed by atoms with Gasteiger partial charge in [0.25, 0.3) is 5.91 Å². The van der Waals surface area contributed by atoms with E-state index in [1.54, 1.807) is 18.3 Å². The molecule has 1 saturated carbocycles. The molecule has 7 heteroatoms. The molecule has 6 nitrogen and oxygen atoms in total. The van der Waals surface area contributed by atoms with Gasteiger partial charge in [0.05, 0.1) is 0 Å². The molecule has 2 aromatic heterocycles. The summed E-state index contributed by atoms with van der Waals surface area (Å²) >= 11 is 0. The highest BCUT2D eigenvalue weighted by Crippen LogP contribution is 2.32. The summed E-state index contributed by atoms with van der Waals surface area (Å²) < 4.78 is 18.7. The van der Waals surface area contributed by atoms with Crippen LogP contribution in [0.15, 0.2) is 47.0 Å². The summed E-state index contributed by atoms with van der Waals surface area (Å²) in [5.74, 6) is -1.16. The van der Waals surface area contributed by atoms with Crippen molar-refractivity contribution in [1.29, 1.82) is 0 Å². The molecule has 27 heavy (non-hydrogen) atoms. The van der Waals surface area contributed by atoms with E-state index in [4.69, 9.17) is 4.42 Å². The second-order valence-corrected chi connectivity index (χ2v) is 6.59. The first-order chi connectivity index (χ1) is 13.1. The fourth-order valence-electron chi connectivity index (χ4n) is 3.34. The van der Waals surface area contributed by atoms with Gasteiger partial charge in [0.2, 0.25) is 11.7 Å². The van der Waals surface area contributed by atoms with Crippen LogP contribution in [0.4, 0.5) is 15.8 Å². The van der Waals surface area contributed by atoms with Crippen LogP contribution in [-0.2, 0) is 4.79 Å². The number of anilines is 2. The summed E-state index contributed by atoms with van der Waals surface area (Å²) in [6.45, 7) is 0. The summed E-state index contributed by atoms with van der Waals surface area (Å²) in [5, 5.41) is 5.49. The van der Waals surface area contributed by atoms with E-state index in [0.717, 1.165) is 25.7 Å². The van der Waals surface area contributed by atoms with Crippen LogP contribution in [0.5, 0.6) is 0 Å². The number of carbonyl (C=O) groups is 2. The fourth-order valence-corrected chi connectivity index (χ4v) is 3.34. The molecule has 2 amide bonds. The number of furan rings is 1. The third-order valence-corrected chi connectivity index (χ3v) is 4.73. The number of carbonyl (C=O) groups excluding carboxylic acids is 2. The lowest BCUT2D eigenvalue weighted by Gasteiger charge is -2.10. The monoisotopic (exact) mass is 367 g/mol. The molecule has 0 saturated heterocycles. The predicted octanol–water partition coefficient (Wildman–Crippen LogP) is 4.35. The lowest BCUT2D eigenvalue weighted by atomic mass is 10.1. The van der Waals surface area contributed by atoms with Crippen molar-refractivity contribution >= 4 is 34.3 Å². The summed E-state index contributed by atoms with van der Waals surface area (Å²) in [6.07, 6.45) is 5.31. The topological polar surface area (TPSA) is 84.2 Å². The molecule has 3 aromatic rings. The number of hydrogen-bond acceptors (Lipinski definition) is 4. The largest absolute Gasteiger partial charge is 0.447 e. The van der Waals surface area contributed by atoms with Crippen LogP contribution in [0.3, 0.4) is 0 Å². The molecule has 1 aliphatic carbocycles. The second-order valence-electron chi connectivity index (χ2n) is 6.59. The first-order valence-corrected chi connectivity index (χ1v) is 8.87. The highest BCUT2D eigenvalue weighted by Gasteiger charge is 2.28. The highest BCUT2D eigenvalue weighted by atomic mass is 19.1. The average Bonchev–Trinajstić information content (AvgIpc) is 3.32. The zero-order valence-corrected chi connectivity index (χ0v) is 14.5. The third kappa shape index (κ3) is 3.53. The average molecular weight is 367 g/mol. The van der Waals surface area contributed by atoms with Gasteiger partial charge in [-0.2, -0.15) is 0 Å². The van der Waals surface area contributed by atoms with E-state index >= 15 is 0 Å². The minimum Gasteiger partial charge on any atom is -0.447 e. The van der Waals surface area contributed by atoms with Gasteiger partial charge in [0.15, 0.2) is 5.58 Å². The molecule has 0 aliphatic heterocycles. The van der Waals surface area contributed by atoms with Crippen LogP contribution in [0.25, 0.3) is 11.1 Å². The van der Waals surface area contributed by atoms with Crippen LogP contribution >= 0.6 is 0 Å². The number of nitrogens with one attached hydrogen (secondary N) is 2. The summed E-state index contributed by atoms with van der Waals surface area (Å²) in [7, 11) is 0. The molecule has 138 valence electrons. The molecule has 0 radical (unpaired) electrons. The molecule has 4 rings (SSSR count). The zero-order valence-electron chi connectivity index (χ0n) is 14.5. The lowest BCUT2D eigenvalue weighted by Crippen LogP contribution is -2.22. The van der Waals surface area contributed by atoms with E-state index in [1.807, 2.05) is 0 Å². The van der Waals surface area contributed by atoms with E-state index < -0.39 is 11.7 Å². The highest BCUT2D eigenvalue weighted by molar-refractivity contribution is 6.13. The Morgan fingerprint density at radius 1 is 1.07 bits per heavy atom. The number of fused-ring (bicyclic) bond motifs is 1. The molecule has 2 N–H and O–H groups in total. The Labute approximate surface area is 154 Å². The maximum absolute atomic E-state index is 13.1. The van der Waals surface area contributed by atoms with Crippen molar-refractivity contribution in [2.75, 3.05) is 10.6 Å². The Morgan fingerprint density at radius 3 is 2.56 bits per heavy atom. The number of aromatic nitrogens is 1. The fraction of sp³-hybridized carbons (Fsp3) is 0.250. The van der Waals surface area contributed by atoms with Gasteiger partial charge in [-0.3, -0.25) is 14.6 Å². The maximum atomic E-state index is 13.1. The van der Waals surface area contributed by atoms with Crippen LogP contribution in [0.2, 0.25) is 0 Å². The zero-order chi connectivity index (χ0) is 18.8. The Morgan fingerprint density at radius 2 is 1.81 bits per heavy atom. The number of amides is 2. The van der Waals surface area contributed by atoms with Crippen molar-refractivity contribution in [1.82, 2.24) is 4.98 Å². The van der Waals surface area contributed by atoms with Gasteiger partial charge in [-0.15, -0.1) is 0 Å². The molecule has 0 unspecified atom stereocenters. The van der Waals surface area contributed by atoms with Gasteiger partial charge in [0, 0.05) is 17.8 Å². The van der Waals surface area contributed by atoms with Crippen molar-refractivity contribution < 1.29 is 18.4 Å². The first-order valence-electron chi connectivity index (χ1n) is 8.87. The van der Waals surface area contributed by atoms with E-state index in [2.05, 4.69) is 15.6 Å². The molecule has 0 spiro atoms. The number of hydrogen-bond donors (Lipinski definition) is 2. The van der Waals surface area contributed by atoms with Gasteiger partial charge in [-0.1, -0.05) is 12.8 Å². The Kier molecular flexibility index (Phi) is 4.58. The van der Waals surface area contributed by atoms with Crippen molar-refractivity contribution in [3.05, 3.63) is 54.2 Å². The molecule has 0 bridgehead atoms. The van der Waals surface area contributed by atoms with Crippen molar-refractivity contribution in [3.63, 3.8) is 0 Å². The Bertz CT molecular complexity index is 991. The van der Waals surface area contributed by atoms with Crippen molar-refractivity contribution in [2.45, 2.75) is 25.7 Å². The Hall–Kier alpha value is -3.22. The first kappa shape index (κ1) is 17.2. The van der Waals surface area contributed by atoms with E-state index in [1.165, 1.54) is 24.3 Å². The van der Waals surface area contributed by atoms with Gasteiger partial charge >= 0.3 is 0 Å². The molecule has 1 aliphatic rings. The van der Waals surface area contributed by atoms with Crippen LogP contribution in [-0.4, -0.2) is 16.8 Å². The van der Waals surface area contributed by atoms with Crippen LogP contribution < -0.4 is 10.6 Å². The minimum absolute atomic E-state index is 0.0284. The molecule has 0 atom stereocenters. The van der Waals surface area contributed by atoms with Gasteiger partial charge in [0.1, 0.15) is 17.0 Å². The number of rotatable bonds is 4. The van der Waals surface area contributed by atoms with Crippen molar-refractivity contribution in [2.24, 2.45) is 5.92 Å². The third-order valence-electron chi connectivity index (χ3n) is 4.73. The second kappa shape index (κ2) is 7.19. The summed E-state index contributed by atoms with van der Waals surface area (Å²) in [5.41, 5.74) is 1.52. The molecule has 1 fully saturated rings. The van der Waals surface area contributed by atoms with E-state index in [0.29, 0.717) is 16.8 Å². The smallest absolute Gasteiger partial charge is 0.293 e. The van der Waals surface area contributed by atoms with Crippen LogP contribution in [0.1, 0.15) is 36.2 Å². The predicted molar refractivity (Wildman–Crippen MR) is 98.9 cm³/mol. The van der Waals surface area contributed by atoms with Gasteiger partial charge in [-0.05, 0) is 49.2 Å². The molecule has 2 heterocycles. The van der Waals surface area contributed by atoms with Crippen LogP contribution in [0, 0.1) is 11.7 Å². The molecule has 1 aromatic carbocycles. The van der Waals surface area contributed by atoms with E-state index in [-0.39, 0.29) is 23.3 Å². The van der Waals surface area contributed by atoms with E-state index in [9.17, 15) is 14.0 Å². The van der Waals surface area contributed by atoms with Gasteiger partial charge < -0.3 is 15.1 Å². The standard InChI is InChI=1S/C20H18FN3O3/c21-13-7-9-14(10-8-13)23-20(26)18-17(16-15(27-18)6-3-11-22-16)24-19(25)12-4-1-2-5-12/h3,6-12H,1-2,4-5H2,(H,23,26)(H,24,25). The number of pyridine rings is 1. The molecular weight excluding hydrogens is 349 g/mol.